The van der Waals surface area contributed by atoms with Crippen LogP contribution in [0.4, 0.5) is 8.78 Å². The van der Waals surface area contributed by atoms with Gasteiger partial charge >= 0.3 is 0 Å². The molecular weight excluding hydrogens is 402 g/mol. The number of piperazine rings is 1. The monoisotopic (exact) mass is 436 g/mol. The van der Waals surface area contributed by atoms with E-state index in [0.717, 1.165) is 45.0 Å². The van der Waals surface area contributed by atoms with E-state index in [9.17, 15) is 13.6 Å². The number of nitrogens with zero attached hydrogens (tertiary/aromatic N) is 4. The molecule has 1 heterocycles. The van der Waals surface area contributed by atoms with Crippen molar-refractivity contribution in [1.82, 2.24) is 25.3 Å². The Morgan fingerprint density at radius 3 is 2.39 bits per heavy atom. The highest BCUT2D eigenvalue weighted by molar-refractivity contribution is 5.80. The number of halogens is 2. The van der Waals surface area contributed by atoms with E-state index in [1.807, 2.05) is 6.92 Å². The average Bonchev–Trinajstić information content (AvgIpc) is 3.53. The van der Waals surface area contributed by atoms with Gasteiger partial charge in [-0.15, -0.1) is 0 Å². The highest BCUT2D eigenvalue weighted by Crippen LogP contribution is 2.25. The largest absolute Gasteiger partial charge is 0.357 e. The molecule has 0 aromatic heterocycles. The minimum Gasteiger partial charge on any atom is -0.357 e. The number of hydrogen-bond donors (Lipinski definition) is 2. The molecule has 1 aliphatic carbocycles. The summed E-state index contributed by atoms with van der Waals surface area (Å²) in [4.78, 5) is 22.8. The van der Waals surface area contributed by atoms with Crippen LogP contribution in [0.25, 0.3) is 0 Å². The van der Waals surface area contributed by atoms with Crippen LogP contribution in [0.15, 0.2) is 23.2 Å². The number of hydrogen-bond acceptors (Lipinski definition) is 4. The summed E-state index contributed by atoms with van der Waals surface area (Å²) >= 11 is 0. The summed E-state index contributed by atoms with van der Waals surface area (Å²) in [5.74, 6) is -0.292. The Bertz CT molecular complexity index is 755. The van der Waals surface area contributed by atoms with E-state index >= 15 is 0 Å². The Hall–Kier alpha value is -2.26. The van der Waals surface area contributed by atoms with E-state index in [1.165, 1.54) is 18.2 Å². The third-order valence-corrected chi connectivity index (χ3v) is 5.69. The van der Waals surface area contributed by atoms with Crippen LogP contribution < -0.4 is 10.6 Å². The van der Waals surface area contributed by atoms with E-state index in [4.69, 9.17) is 4.99 Å². The summed E-state index contributed by atoms with van der Waals surface area (Å²) in [7, 11) is 3.59. The lowest BCUT2D eigenvalue weighted by atomic mass is 10.0. The predicted octanol–water partition coefficient (Wildman–Crippen LogP) is 1.43. The van der Waals surface area contributed by atoms with Gasteiger partial charge in [-0.25, -0.2) is 8.78 Å². The second-order valence-electron chi connectivity index (χ2n) is 8.41. The molecule has 172 valence electrons. The van der Waals surface area contributed by atoms with Gasteiger partial charge in [0.25, 0.3) is 0 Å². The van der Waals surface area contributed by atoms with Crippen molar-refractivity contribution in [3.63, 3.8) is 0 Å². The number of rotatable bonds is 8. The molecule has 1 atom stereocenters. The molecule has 0 spiro atoms. The van der Waals surface area contributed by atoms with Crippen LogP contribution in [-0.2, 0) is 4.79 Å². The molecule has 2 aliphatic rings. The Morgan fingerprint density at radius 1 is 1.19 bits per heavy atom. The highest BCUT2D eigenvalue weighted by Gasteiger charge is 2.27. The van der Waals surface area contributed by atoms with Gasteiger partial charge in [0.1, 0.15) is 11.6 Å². The standard InChI is InChI=1S/C22H34F2N6O/c1-4-25-22(26-14-19(28(2)3)21-17(23)6-5-7-18(21)24)30-12-10-29(11-13-30)15-20(31)27-16-8-9-16/h5-7,16,19H,4,8-15H2,1-3H3,(H,25,26)(H,27,31). The Morgan fingerprint density at radius 2 is 1.84 bits per heavy atom. The van der Waals surface area contributed by atoms with Crippen LogP contribution in [0.2, 0.25) is 0 Å². The van der Waals surface area contributed by atoms with E-state index in [1.54, 1.807) is 19.0 Å². The summed E-state index contributed by atoms with van der Waals surface area (Å²) < 4.78 is 28.7. The first-order valence-electron chi connectivity index (χ1n) is 11.0. The summed E-state index contributed by atoms with van der Waals surface area (Å²) in [5.41, 5.74) is 0.0404. The minimum absolute atomic E-state index is 0.0404. The molecule has 1 saturated heterocycles. The second kappa shape index (κ2) is 10.9. The maximum Gasteiger partial charge on any atom is 0.234 e. The molecule has 1 aliphatic heterocycles. The molecule has 1 aromatic rings. The highest BCUT2D eigenvalue weighted by atomic mass is 19.1. The summed E-state index contributed by atoms with van der Waals surface area (Å²) in [5, 5.41) is 6.32. The predicted molar refractivity (Wildman–Crippen MR) is 118 cm³/mol. The molecule has 0 radical (unpaired) electrons. The van der Waals surface area contributed by atoms with Gasteiger partial charge in [0.2, 0.25) is 5.91 Å². The van der Waals surface area contributed by atoms with Crippen molar-refractivity contribution < 1.29 is 13.6 Å². The van der Waals surface area contributed by atoms with E-state index < -0.39 is 17.7 Å². The molecule has 9 heteroatoms. The van der Waals surface area contributed by atoms with Crippen LogP contribution in [0.5, 0.6) is 0 Å². The number of carbonyl (C=O) groups is 1. The molecular formula is C22H34F2N6O. The maximum absolute atomic E-state index is 14.3. The van der Waals surface area contributed by atoms with Gasteiger partial charge in [0.05, 0.1) is 19.1 Å². The molecule has 2 N–H and O–H groups in total. The van der Waals surface area contributed by atoms with Gasteiger partial charge in [0, 0.05) is 44.3 Å². The number of benzene rings is 1. The molecule has 0 bridgehead atoms. The van der Waals surface area contributed by atoms with Crippen molar-refractivity contribution in [2.24, 2.45) is 4.99 Å². The normalized spacial score (nSPS) is 18.9. The van der Waals surface area contributed by atoms with Crippen molar-refractivity contribution in [3.8, 4) is 0 Å². The van der Waals surface area contributed by atoms with Crippen LogP contribution in [0.3, 0.4) is 0 Å². The number of guanidine groups is 1. The van der Waals surface area contributed by atoms with Crippen molar-refractivity contribution in [3.05, 3.63) is 35.4 Å². The minimum atomic E-state index is -0.558. The molecule has 1 saturated carbocycles. The van der Waals surface area contributed by atoms with E-state index in [2.05, 4.69) is 20.4 Å². The van der Waals surface area contributed by atoms with Crippen molar-refractivity contribution in [1.29, 1.82) is 0 Å². The molecule has 1 aromatic carbocycles. The molecule has 1 amide bonds. The smallest absolute Gasteiger partial charge is 0.234 e. The van der Waals surface area contributed by atoms with Crippen LogP contribution in [0, 0.1) is 11.6 Å². The third kappa shape index (κ3) is 6.61. The first kappa shape index (κ1) is 23.4. The fourth-order valence-corrected chi connectivity index (χ4v) is 3.76. The Balaban J connectivity index is 1.62. The summed E-state index contributed by atoms with van der Waals surface area (Å²) in [6.07, 6.45) is 2.18. The van der Waals surface area contributed by atoms with Crippen molar-refractivity contribution in [2.45, 2.75) is 31.8 Å². The van der Waals surface area contributed by atoms with Gasteiger partial charge in [0.15, 0.2) is 5.96 Å². The van der Waals surface area contributed by atoms with Gasteiger partial charge in [-0.3, -0.25) is 14.7 Å². The lowest BCUT2D eigenvalue weighted by Gasteiger charge is -2.36. The summed E-state index contributed by atoms with van der Waals surface area (Å²) in [6, 6.07) is 3.80. The van der Waals surface area contributed by atoms with Crippen LogP contribution >= 0.6 is 0 Å². The number of likely N-dealkylation sites (N-methyl/N-ethyl adjacent to an activating group) is 1. The number of aliphatic imine (C=N–C) groups is 1. The fraction of sp³-hybridized carbons (Fsp3) is 0.636. The lowest BCUT2D eigenvalue weighted by molar-refractivity contribution is -0.122. The summed E-state index contributed by atoms with van der Waals surface area (Å²) in [6.45, 7) is 6.36. The number of nitrogens with one attached hydrogen (secondary N) is 2. The second-order valence-corrected chi connectivity index (χ2v) is 8.41. The molecule has 31 heavy (non-hydrogen) atoms. The van der Waals surface area contributed by atoms with Crippen LogP contribution in [0.1, 0.15) is 31.4 Å². The molecule has 7 nitrogen and oxygen atoms in total. The van der Waals surface area contributed by atoms with E-state index in [-0.39, 0.29) is 18.0 Å². The SMILES string of the molecule is CCNC(=NCC(c1c(F)cccc1F)N(C)C)N1CCN(CC(=O)NC2CC2)CC1. The molecule has 2 fully saturated rings. The quantitative estimate of drug-likeness (QED) is 0.477. The van der Waals surface area contributed by atoms with Crippen molar-refractivity contribution >= 4 is 11.9 Å². The van der Waals surface area contributed by atoms with Gasteiger partial charge in [-0.1, -0.05) is 6.07 Å². The topological polar surface area (TPSA) is 63.2 Å². The molecule has 3 rings (SSSR count). The van der Waals surface area contributed by atoms with Gasteiger partial charge in [-0.05, 0) is 46.0 Å². The zero-order valence-corrected chi connectivity index (χ0v) is 18.7. The zero-order valence-electron chi connectivity index (χ0n) is 18.7. The first-order valence-corrected chi connectivity index (χ1v) is 11.0. The molecule has 1 unspecified atom stereocenters. The average molecular weight is 437 g/mol. The number of amides is 1. The Kier molecular flexibility index (Phi) is 8.20. The lowest BCUT2D eigenvalue weighted by Crippen LogP contribution is -2.54. The first-order chi connectivity index (χ1) is 14.9. The zero-order chi connectivity index (χ0) is 22.4. The van der Waals surface area contributed by atoms with Gasteiger partial charge in [-0.2, -0.15) is 0 Å². The van der Waals surface area contributed by atoms with Gasteiger partial charge < -0.3 is 20.4 Å². The van der Waals surface area contributed by atoms with E-state index in [0.29, 0.717) is 19.1 Å². The Labute approximate surface area is 183 Å². The van der Waals surface area contributed by atoms with Crippen LogP contribution in [-0.4, -0.2) is 92.5 Å². The number of carbonyl (C=O) groups excluding carboxylic acids is 1. The van der Waals surface area contributed by atoms with Crippen molar-refractivity contribution in [2.75, 3.05) is 59.9 Å². The fourth-order valence-electron chi connectivity index (χ4n) is 3.76. The third-order valence-electron chi connectivity index (χ3n) is 5.69. The maximum atomic E-state index is 14.3.